The van der Waals surface area contributed by atoms with Crippen molar-refractivity contribution in [3.8, 4) is 17.6 Å². The molecule has 22 heavy (non-hydrogen) atoms. The summed E-state index contributed by atoms with van der Waals surface area (Å²) in [4.78, 5) is 11.8. The van der Waals surface area contributed by atoms with Gasteiger partial charge in [-0.1, -0.05) is 12.1 Å². The highest BCUT2D eigenvalue weighted by atomic mass is 16.5. The molecule has 1 N–H and O–H groups in total. The summed E-state index contributed by atoms with van der Waals surface area (Å²) in [5.41, 5.74) is 1.69. The zero-order chi connectivity index (χ0) is 16.1. The molecule has 1 aromatic rings. The Morgan fingerprint density at radius 1 is 1.55 bits per heavy atom. The van der Waals surface area contributed by atoms with E-state index in [0.29, 0.717) is 18.0 Å². The number of nitrogens with zero attached hydrogens (tertiary/aromatic N) is 1. The van der Waals surface area contributed by atoms with Crippen LogP contribution in [0.2, 0.25) is 0 Å². The van der Waals surface area contributed by atoms with Gasteiger partial charge in [0.05, 0.1) is 7.11 Å². The van der Waals surface area contributed by atoms with E-state index in [9.17, 15) is 4.79 Å². The second-order valence-electron chi connectivity index (χ2n) is 4.81. The van der Waals surface area contributed by atoms with E-state index in [1.54, 1.807) is 20.1 Å². The number of ether oxygens (including phenoxy) is 2. The van der Waals surface area contributed by atoms with Gasteiger partial charge in [0.25, 0.3) is 5.91 Å². The first-order chi connectivity index (χ1) is 10.6. The van der Waals surface area contributed by atoms with Crippen molar-refractivity contribution >= 4 is 12.0 Å². The predicted octanol–water partition coefficient (Wildman–Crippen LogP) is 2.45. The molecule has 0 saturated heterocycles. The molecule has 114 valence electrons. The number of hydrogen-bond acceptors (Lipinski definition) is 4. The lowest BCUT2D eigenvalue weighted by Crippen LogP contribution is -2.25. The molecule has 0 saturated carbocycles. The van der Waals surface area contributed by atoms with Gasteiger partial charge < -0.3 is 14.8 Å². The molecule has 5 heteroatoms. The fraction of sp³-hybridized carbons (Fsp3) is 0.294. The Morgan fingerprint density at radius 3 is 2.95 bits per heavy atom. The van der Waals surface area contributed by atoms with E-state index in [1.165, 1.54) is 0 Å². The molecular weight excluding hydrogens is 280 g/mol. The molecule has 1 aliphatic heterocycles. The Morgan fingerprint density at radius 2 is 2.32 bits per heavy atom. The molecule has 0 radical (unpaired) electrons. The number of amides is 1. The van der Waals surface area contributed by atoms with Crippen molar-refractivity contribution in [2.24, 2.45) is 0 Å². The largest absolute Gasteiger partial charge is 0.493 e. The molecule has 0 aliphatic carbocycles. The molecule has 1 atom stereocenters. The first kappa shape index (κ1) is 15.6. The van der Waals surface area contributed by atoms with E-state index in [-0.39, 0.29) is 17.6 Å². The lowest BCUT2D eigenvalue weighted by Gasteiger charge is -2.24. The fourth-order valence-corrected chi connectivity index (χ4v) is 2.21. The van der Waals surface area contributed by atoms with E-state index < -0.39 is 0 Å². The number of carbonyl (C=O) groups is 1. The number of carbonyl (C=O) groups excluding carboxylic acids is 1. The molecule has 1 amide bonds. The van der Waals surface area contributed by atoms with Crippen molar-refractivity contribution in [2.45, 2.75) is 20.0 Å². The fourth-order valence-electron chi connectivity index (χ4n) is 2.21. The van der Waals surface area contributed by atoms with Crippen molar-refractivity contribution < 1.29 is 14.3 Å². The van der Waals surface area contributed by atoms with E-state index in [4.69, 9.17) is 14.7 Å². The SMILES string of the molecule is CCNC(=O)C(C#N)=CC1=Cc2cccc(OC)c2OC1C. The third-order valence-corrected chi connectivity index (χ3v) is 3.33. The summed E-state index contributed by atoms with van der Waals surface area (Å²) in [6.45, 7) is 4.15. The highest BCUT2D eigenvalue weighted by Gasteiger charge is 2.22. The minimum absolute atomic E-state index is 0.0647. The van der Waals surface area contributed by atoms with Crippen LogP contribution in [0.3, 0.4) is 0 Å². The van der Waals surface area contributed by atoms with Gasteiger partial charge in [-0.25, -0.2) is 0 Å². The lowest BCUT2D eigenvalue weighted by atomic mass is 10.00. The quantitative estimate of drug-likeness (QED) is 0.684. The maximum absolute atomic E-state index is 11.8. The van der Waals surface area contributed by atoms with Crippen molar-refractivity contribution in [1.29, 1.82) is 5.26 Å². The Balaban J connectivity index is 2.41. The molecule has 0 spiro atoms. The third kappa shape index (κ3) is 3.12. The summed E-state index contributed by atoms with van der Waals surface area (Å²) < 4.78 is 11.2. The number of rotatable bonds is 4. The molecular formula is C17H18N2O3. The van der Waals surface area contributed by atoms with Gasteiger partial charge in [-0.3, -0.25) is 4.79 Å². The second-order valence-corrected chi connectivity index (χ2v) is 4.81. The van der Waals surface area contributed by atoms with E-state index >= 15 is 0 Å². The van der Waals surface area contributed by atoms with Crippen LogP contribution in [0.1, 0.15) is 19.4 Å². The van der Waals surface area contributed by atoms with Crippen LogP contribution in [-0.4, -0.2) is 25.7 Å². The molecule has 1 aromatic carbocycles. The number of nitriles is 1. The summed E-state index contributed by atoms with van der Waals surface area (Å²) in [7, 11) is 1.59. The zero-order valence-electron chi connectivity index (χ0n) is 12.8. The molecule has 1 aliphatic rings. The minimum Gasteiger partial charge on any atom is -0.493 e. The summed E-state index contributed by atoms with van der Waals surface area (Å²) in [5.74, 6) is 0.952. The predicted molar refractivity (Wildman–Crippen MR) is 83.4 cm³/mol. The molecule has 0 aromatic heterocycles. The van der Waals surface area contributed by atoms with Gasteiger partial charge >= 0.3 is 0 Å². The van der Waals surface area contributed by atoms with Crippen LogP contribution < -0.4 is 14.8 Å². The van der Waals surface area contributed by atoms with Crippen molar-refractivity contribution in [2.75, 3.05) is 13.7 Å². The highest BCUT2D eigenvalue weighted by molar-refractivity contribution is 5.98. The number of methoxy groups -OCH3 is 1. The lowest BCUT2D eigenvalue weighted by molar-refractivity contribution is -0.117. The number of benzene rings is 1. The van der Waals surface area contributed by atoms with E-state index in [2.05, 4.69) is 5.32 Å². The Hall–Kier alpha value is -2.74. The van der Waals surface area contributed by atoms with Crippen LogP contribution in [0, 0.1) is 11.3 Å². The van der Waals surface area contributed by atoms with Gasteiger partial charge in [-0.05, 0) is 37.6 Å². The average molecular weight is 298 g/mol. The van der Waals surface area contributed by atoms with Crippen LogP contribution in [0.25, 0.3) is 6.08 Å². The zero-order valence-corrected chi connectivity index (χ0v) is 12.8. The summed E-state index contributed by atoms with van der Waals surface area (Å²) in [5, 5.41) is 11.8. The normalized spacial score (nSPS) is 16.7. The topological polar surface area (TPSA) is 71.4 Å². The van der Waals surface area contributed by atoms with Gasteiger partial charge in [-0.2, -0.15) is 5.26 Å². The van der Waals surface area contributed by atoms with E-state index in [1.807, 2.05) is 37.3 Å². The van der Waals surface area contributed by atoms with Crippen LogP contribution in [0.15, 0.2) is 35.4 Å². The first-order valence-corrected chi connectivity index (χ1v) is 7.06. The summed E-state index contributed by atoms with van der Waals surface area (Å²) >= 11 is 0. The Bertz CT molecular complexity index is 684. The van der Waals surface area contributed by atoms with Gasteiger partial charge in [0.2, 0.25) is 0 Å². The second kappa shape index (κ2) is 6.81. The minimum atomic E-state index is -0.380. The smallest absolute Gasteiger partial charge is 0.261 e. The summed E-state index contributed by atoms with van der Waals surface area (Å²) in [6.07, 6.45) is 3.20. The maximum atomic E-state index is 11.8. The highest BCUT2D eigenvalue weighted by Crippen LogP contribution is 2.37. The number of nitrogens with one attached hydrogen (secondary N) is 1. The molecule has 0 bridgehead atoms. The van der Waals surface area contributed by atoms with Gasteiger partial charge in [0.15, 0.2) is 11.5 Å². The van der Waals surface area contributed by atoms with Gasteiger partial charge in [0.1, 0.15) is 17.7 Å². The third-order valence-electron chi connectivity index (χ3n) is 3.33. The van der Waals surface area contributed by atoms with Crippen molar-refractivity contribution in [1.82, 2.24) is 5.32 Å². The molecule has 1 unspecified atom stereocenters. The number of hydrogen-bond donors (Lipinski definition) is 1. The number of likely N-dealkylation sites (N-methyl/N-ethyl adjacent to an activating group) is 1. The summed E-state index contributed by atoms with van der Waals surface area (Å²) in [6, 6.07) is 7.52. The van der Waals surface area contributed by atoms with Gasteiger partial charge in [-0.15, -0.1) is 0 Å². The average Bonchev–Trinajstić information content (AvgIpc) is 2.52. The first-order valence-electron chi connectivity index (χ1n) is 7.06. The van der Waals surface area contributed by atoms with Crippen molar-refractivity contribution in [3.63, 3.8) is 0 Å². The molecule has 2 rings (SSSR count). The Kier molecular flexibility index (Phi) is 4.84. The van der Waals surface area contributed by atoms with Crippen LogP contribution in [0.5, 0.6) is 11.5 Å². The molecule has 0 fully saturated rings. The Labute approximate surface area is 129 Å². The standard InChI is InChI=1S/C17H18N2O3/c1-4-19-17(20)14(10-18)9-13-8-12-6-5-7-15(21-3)16(12)22-11(13)2/h5-9,11H,4H2,1-3H3,(H,19,20). The van der Waals surface area contributed by atoms with Crippen LogP contribution >= 0.6 is 0 Å². The van der Waals surface area contributed by atoms with Crippen molar-refractivity contribution in [3.05, 3.63) is 41.0 Å². The van der Waals surface area contributed by atoms with Crippen LogP contribution in [0.4, 0.5) is 0 Å². The van der Waals surface area contributed by atoms with Gasteiger partial charge in [0, 0.05) is 12.1 Å². The monoisotopic (exact) mass is 298 g/mol. The van der Waals surface area contributed by atoms with Crippen LogP contribution in [-0.2, 0) is 4.79 Å². The maximum Gasteiger partial charge on any atom is 0.261 e. The van der Waals surface area contributed by atoms with E-state index in [0.717, 1.165) is 11.1 Å². The molecule has 5 nitrogen and oxygen atoms in total. The molecule has 1 heterocycles. The number of para-hydroxylation sites is 1. The number of fused-ring (bicyclic) bond motifs is 1.